The zero-order chi connectivity index (χ0) is 32.8. The van der Waals surface area contributed by atoms with Gasteiger partial charge in [-0.05, 0) is 79.4 Å². The summed E-state index contributed by atoms with van der Waals surface area (Å²) in [5.74, 6) is -0.830. The maximum atomic E-state index is 13.3. The Morgan fingerprint density at radius 2 is 1.98 bits per heavy atom. The number of fused-ring (bicyclic) bond motifs is 3. The predicted molar refractivity (Wildman–Crippen MR) is 167 cm³/mol. The smallest absolute Gasteiger partial charge is 0.482 e. The van der Waals surface area contributed by atoms with Crippen molar-refractivity contribution in [3.63, 3.8) is 0 Å². The number of ether oxygens (including phenoxy) is 2. The Kier molecular flexibility index (Phi) is 9.49. The number of hydrogen-bond acceptors (Lipinski definition) is 10. The number of benzene rings is 1. The van der Waals surface area contributed by atoms with E-state index in [0.29, 0.717) is 22.7 Å². The Balaban J connectivity index is 1.58. The van der Waals surface area contributed by atoms with E-state index in [1.807, 2.05) is 13.8 Å². The van der Waals surface area contributed by atoms with Crippen LogP contribution in [0.4, 0.5) is 0 Å². The van der Waals surface area contributed by atoms with E-state index in [2.05, 4.69) is 25.5 Å². The number of sulfonamides is 1. The van der Waals surface area contributed by atoms with Crippen molar-refractivity contribution in [2.45, 2.75) is 85.0 Å². The van der Waals surface area contributed by atoms with Crippen LogP contribution < -0.4 is 10.2 Å². The maximum Gasteiger partial charge on any atom is 0.484 e. The van der Waals surface area contributed by atoms with Crippen LogP contribution in [0.1, 0.15) is 72.3 Å². The van der Waals surface area contributed by atoms with Gasteiger partial charge in [-0.2, -0.15) is 5.10 Å². The number of nitrogens with zero attached hydrogens (tertiary/aromatic N) is 2. The van der Waals surface area contributed by atoms with E-state index < -0.39 is 64.2 Å². The third-order valence-corrected chi connectivity index (χ3v) is 11.7. The summed E-state index contributed by atoms with van der Waals surface area (Å²) in [6.45, 7) is 13.0. The number of hydrogen-bond donors (Lipinski definition) is 3. The Labute approximate surface area is 260 Å². The molecule has 3 N–H and O–H groups in total. The minimum atomic E-state index is -3.82. The summed E-state index contributed by atoms with van der Waals surface area (Å²) >= 11 is 0. The molecule has 3 aliphatic rings. The summed E-state index contributed by atoms with van der Waals surface area (Å²) < 4.78 is 36.5. The highest BCUT2D eigenvalue weighted by molar-refractivity contribution is 7.89. The Bertz CT molecular complexity index is 1440. The van der Waals surface area contributed by atoms with Crippen molar-refractivity contribution in [1.29, 1.82) is 0 Å². The summed E-state index contributed by atoms with van der Waals surface area (Å²) in [4.78, 5) is 25.5. The summed E-state index contributed by atoms with van der Waals surface area (Å²) in [5.41, 5.74) is -1.15. The van der Waals surface area contributed by atoms with Crippen LogP contribution in [0.5, 0.6) is 5.75 Å². The van der Waals surface area contributed by atoms with E-state index in [9.17, 15) is 33.2 Å². The molecule has 2 aliphatic carbocycles. The van der Waals surface area contributed by atoms with Gasteiger partial charge in [-0.25, -0.2) is 17.5 Å². The van der Waals surface area contributed by atoms with Crippen LogP contribution in [0, 0.1) is 28.1 Å². The zero-order valence-electron chi connectivity index (χ0n) is 26.4. The second kappa shape index (κ2) is 12.2. The molecule has 11 nitrogen and oxygen atoms in total. The second-order valence-electron chi connectivity index (χ2n) is 13.7. The van der Waals surface area contributed by atoms with Gasteiger partial charge in [-0.3, -0.25) is 4.79 Å². The van der Waals surface area contributed by atoms with Crippen LogP contribution in [0.15, 0.2) is 36.0 Å². The number of Topliss-reactive ketones (excluding diaryl/α,β-unsaturated/α-hetero) is 1. The molecule has 1 aromatic rings. The number of carbonyl (C=O) groups is 2. The summed E-state index contributed by atoms with van der Waals surface area (Å²) in [5, 5.41) is 36.8. The molecule has 1 aromatic carbocycles. The molecule has 8 atom stereocenters. The predicted octanol–water partition coefficient (Wildman–Crippen LogP) is 2.02. The molecule has 2 saturated carbocycles. The van der Waals surface area contributed by atoms with Crippen molar-refractivity contribution in [2.24, 2.45) is 33.2 Å². The molecule has 0 aromatic heterocycles. The standard InChI is InChI=1S/C31H45BN2O9S/c1-8-29(5)15-26(30(6)18-31(12-11-19(30)2,20(3)28(29)38)14-25(36)21(4)35)43-27(37)17-42-23-10-9-22-16-33-34(44(7,40)41)32(39)24(22)13-23/h8-10,13,16,19-20,25-26,28,36,38-39H,1,11-12,14-15,17-18H2,2-7H3/t19-,20+,25+,26-,28+,29-,30+,31-/m1/s1. The molecule has 242 valence electrons. The van der Waals surface area contributed by atoms with Crippen LogP contribution in [-0.2, 0) is 24.3 Å². The molecule has 0 unspecified atom stereocenters. The molecule has 13 heteroatoms. The fourth-order valence-corrected chi connectivity index (χ4v) is 8.19. The Morgan fingerprint density at radius 1 is 1.30 bits per heavy atom. The first-order valence-electron chi connectivity index (χ1n) is 15.0. The van der Waals surface area contributed by atoms with E-state index in [4.69, 9.17) is 9.47 Å². The normalized spacial score (nSPS) is 34.3. The van der Waals surface area contributed by atoms with Crippen LogP contribution in [0.2, 0.25) is 0 Å². The molecule has 0 radical (unpaired) electrons. The van der Waals surface area contributed by atoms with Gasteiger partial charge in [0.1, 0.15) is 18.0 Å². The number of ketones is 1. The fraction of sp³-hybridized carbons (Fsp3) is 0.645. The van der Waals surface area contributed by atoms with E-state index >= 15 is 0 Å². The SMILES string of the molecule is C=C[C@]1(C)C[C@@H](OC(=O)COc2ccc3c(c2)B(O)N(S(C)(=O)=O)N=C3)[C@@]2(C)C[C@](C[C@H](O)C(C)=O)(CC[C@H]2C)[C@@H](C)[C@@H]1O. The average molecular weight is 633 g/mol. The van der Waals surface area contributed by atoms with Crippen molar-refractivity contribution in [1.82, 2.24) is 4.33 Å². The maximum absolute atomic E-state index is 13.3. The summed E-state index contributed by atoms with van der Waals surface area (Å²) in [7, 11) is -5.36. The molecule has 44 heavy (non-hydrogen) atoms. The Hall–Kier alpha value is -2.74. The van der Waals surface area contributed by atoms with E-state index in [0.717, 1.165) is 19.1 Å². The topological polar surface area (TPSA) is 163 Å². The monoisotopic (exact) mass is 632 g/mol. The highest BCUT2D eigenvalue weighted by Gasteiger charge is 2.59. The summed E-state index contributed by atoms with van der Waals surface area (Å²) in [6.07, 6.45) is 3.91. The van der Waals surface area contributed by atoms with Crippen molar-refractivity contribution < 1.29 is 42.7 Å². The van der Waals surface area contributed by atoms with E-state index in [-0.39, 0.29) is 35.3 Å². The van der Waals surface area contributed by atoms with Gasteiger partial charge in [-0.1, -0.05) is 39.8 Å². The number of aliphatic hydroxyl groups excluding tert-OH is 2. The van der Waals surface area contributed by atoms with Gasteiger partial charge >= 0.3 is 13.0 Å². The molecule has 2 bridgehead atoms. The molecule has 1 heterocycles. The van der Waals surface area contributed by atoms with Gasteiger partial charge in [-0.15, -0.1) is 6.58 Å². The molecule has 0 amide bonds. The first-order chi connectivity index (χ1) is 20.4. The third-order valence-electron chi connectivity index (χ3n) is 10.8. The molecule has 4 rings (SSSR count). The highest BCUT2D eigenvalue weighted by atomic mass is 32.2. The number of rotatable bonds is 9. The lowest BCUT2D eigenvalue weighted by Crippen LogP contribution is -2.59. The average Bonchev–Trinajstić information content (AvgIpc) is 2.96. The lowest BCUT2D eigenvalue weighted by atomic mass is 9.47. The van der Waals surface area contributed by atoms with Crippen LogP contribution in [-0.4, -0.2) is 84.2 Å². The lowest BCUT2D eigenvalue weighted by molar-refractivity contribution is -0.193. The minimum absolute atomic E-state index is 0.141. The molecular formula is C31H45BN2O9S. The van der Waals surface area contributed by atoms with E-state index in [1.165, 1.54) is 19.2 Å². The first-order valence-corrected chi connectivity index (χ1v) is 16.9. The van der Waals surface area contributed by atoms with Gasteiger partial charge in [0, 0.05) is 10.8 Å². The van der Waals surface area contributed by atoms with Crippen LogP contribution in [0.3, 0.4) is 0 Å². The molecular weight excluding hydrogens is 587 g/mol. The van der Waals surface area contributed by atoms with Crippen LogP contribution >= 0.6 is 0 Å². The quantitative estimate of drug-likeness (QED) is 0.210. The fourth-order valence-electron chi connectivity index (χ4n) is 7.49. The van der Waals surface area contributed by atoms with Crippen molar-refractivity contribution in [3.8, 4) is 5.75 Å². The third kappa shape index (κ3) is 6.33. The van der Waals surface area contributed by atoms with Gasteiger partial charge in [0.05, 0.1) is 18.6 Å². The molecule has 2 fully saturated rings. The van der Waals surface area contributed by atoms with Crippen molar-refractivity contribution in [3.05, 3.63) is 36.4 Å². The molecule has 0 saturated heterocycles. The molecule has 1 aliphatic heterocycles. The number of esters is 1. The van der Waals surface area contributed by atoms with Gasteiger partial charge in [0.25, 0.3) is 0 Å². The number of aliphatic hydroxyl groups is 2. The van der Waals surface area contributed by atoms with Gasteiger partial charge in [0.15, 0.2) is 12.4 Å². The number of hydrazone groups is 1. The Morgan fingerprint density at radius 3 is 2.59 bits per heavy atom. The van der Waals surface area contributed by atoms with Gasteiger partial charge < -0.3 is 24.7 Å². The van der Waals surface area contributed by atoms with Crippen LogP contribution in [0.25, 0.3) is 0 Å². The van der Waals surface area contributed by atoms with Crippen molar-refractivity contribution in [2.75, 3.05) is 12.9 Å². The minimum Gasteiger partial charge on any atom is -0.482 e. The highest BCUT2D eigenvalue weighted by Crippen LogP contribution is 2.62. The first kappa shape index (κ1) is 34.1. The zero-order valence-corrected chi connectivity index (χ0v) is 27.2. The van der Waals surface area contributed by atoms with E-state index in [1.54, 1.807) is 18.2 Å². The number of carbonyl (C=O) groups excluding carboxylic acids is 2. The molecule has 0 spiro atoms. The second-order valence-corrected chi connectivity index (χ2v) is 15.5. The lowest BCUT2D eigenvalue weighted by Gasteiger charge is -2.60. The van der Waals surface area contributed by atoms with Crippen molar-refractivity contribution >= 4 is 40.5 Å². The largest absolute Gasteiger partial charge is 0.484 e. The summed E-state index contributed by atoms with van der Waals surface area (Å²) in [6, 6.07) is 4.65. The van der Waals surface area contributed by atoms with Gasteiger partial charge in [0.2, 0.25) is 10.0 Å².